The van der Waals surface area contributed by atoms with Gasteiger partial charge >= 0.3 is 0 Å². The molecule has 0 aromatic heterocycles. The Morgan fingerprint density at radius 2 is 1.96 bits per heavy atom. The fourth-order valence-corrected chi connectivity index (χ4v) is 4.40. The molecule has 2 aliphatic rings. The molecule has 0 bridgehead atoms. The number of ether oxygens (including phenoxy) is 1. The molecule has 1 fully saturated rings. The van der Waals surface area contributed by atoms with Crippen LogP contribution in [0.4, 0.5) is 5.69 Å². The highest BCUT2D eigenvalue weighted by molar-refractivity contribution is 6.31. The molecule has 28 heavy (non-hydrogen) atoms. The Hall–Kier alpha value is -2.53. The van der Waals surface area contributed by atoms with Gasteiger partial charge in [0.25, 0.3) is 11.8 Å². The Bertz CT molecular complexity index is 922. The summed E-state index contributed by atoms with van der Waals surface area (Å²) in [4.78, 5) is 28.1. The molecule has 4 rings (SSSR count). The van der Waals surface area contributed by atoms with Crippen LogP contribution in [0.1, 0.15) is 58.4 Å². The highest BCUT2D eigenvalue weighted by Gasteiger charge is 2.36. The maximum atomic E-state index is 13.2. The molecule has 2 amide bonds. The summed E-state index contributed by atoms with van der Waals surface area (Å²) in [5, 5.41) is 3.34. The van der Waals surface area contributed by atoms with Gasteiger partial charge in [0.05, 0.1) is 23.9 Å². The van der Waals surface area contributed by atoms with Gasteiger partial charge in [-0.1, -0.05) is 43.0 Å². The fraction of sp³-hybridized carbons (Fsp3) is 0.364. The minimum atomic E-state index is -0.337. The quantitative estimate of drug-likeness (QED) is 0.797. The van der Waals surface area contributed by atoms with Gasteiger partial charge in [0.2, 0.25) is 0 Å². The van der Waals surface area contributed by atoms with Crippen LogP contribution in [0, 0.1) is 0 Å². The Morgan fingerprint density at radius 1 is 1.18 bits per heavy atom. The third-order valence-electron chi connectivity index (χ3n) is 5.64. The average molecular weight is 399 g/mol. The minimum absolute atomic E-state index is 0.0364. The van der Waals surface area contributed by atoms with Gasteiger partial charge in [-0.25, -0.2) is 0 Å². The number of amides is 2. The number of nitrogens with zero attached hydrogens (tertiary/aromatic N) is 1. The topological polar surface area (TPSA) is 58.6 Å². The van der Waals surface area contributed by atoms with Crippen LogP contribution in [0.25, 0.3) is 0 Å². The van der Waals surface area contributed by atoms with E-state index >= 15 is 0 Å². The van der Waals surface area contributed by atoms with E-state index in [2.05, 4.69) is 5.32 Å². The van der Waals surface area contributed by atoms with Gasteiger partial charge in [0.1, 0.15) is 5.75 Å². The summed E-state index contributed by atoms with van der Waals surface area (Å²) >= 11 is 6.06. The van der Waals surface area contributed by atoms with E-state index < -0.39 is 0 Å². The molecular weight excluding hydrogens is 376 g/mol. The molecule has 2 aromatic carbocycles. The van der Waals surface area contributed by atoms with Crippen molar-refractivity contribution in [2.45, 2.75) is 44.7 Å². The van der Waals surface area contributed by atoms with Crippen molar-refractivity contribution in [3.63, 3.8) is 0 Å². The monoisotopic (exact) mass is 398 g/mol. The van der Waals surface area contributed by atoms with E-state index in [1.54, 1.807) is 24.3 Å². The van der Waals surface area contributed by atoms with Crippen molar-refractivity contribution in [2.75, 3.05) is 12.4 Å². The highest BCUT2D eigenvalue weighted by atomic mass is 35.5. The van der Waals surface area contributed by atoms with Crippen LogP contribution >= 0.6 is 11.6 Å². The summed E-state index contributed by atoms with van der Waals surface area (Å²) < 4.78 is 5.30. The second-order valence-electron chi connectivity index (χ2n) is 7.36. The molecule has 2 aromatic rings. The number of carbonyl (C=O) groups is 2. The lowest BCUT2D eigenvalue weighted by molar-refractivity contribution is 0.0657. The van der Waals surface area contributed by atoms with Crippen LogP contribution in [-0.2, 0) is 6.54 Å². The van der Waals surface area contributed by atoms with Crippen LogP contribution < -0.4 is 10.1 Å². The standard InChI is InChI=1S/C22H23ClN2O3/c1-28-19-11-10-15(23)12-18(19)24-21(26)17-9-5-6-14-13-25(22(27)20(14)17)16-7-3-2-4-8-16/h5-6,9-12,16H,2-4,7-8,13H2,1H3,(H,24,26). The third-order valence-corrected chi connectivity index (χ3v) is 5.87. The van der Waals surface area contributed by atoms with Gasteiger partial charge in [-0.15, -0.1) is 0 Å². The largest absolute Gasteiger partial charge is 0.495 e. The number of methoxy groups -OCH3 is 1. The van der Waals surface area contributed by atoms with Crippen molar-refractivity contribution in [3.8, 4) is 5.75 Å². The number of hydrogen-bond acceptors (Lipinski definition) is 3. The first kappa shape index (κ1) is 18.8. The van der Waals surface area contributed by atoms with Crippen LogP contribution in [0.2, 0.25) is 5.02 Å². The number of fused-ring (bicyclic) bond motifs is 1. The first-order valence-electron chi connectivity index (χ1n) is 9.66. The summed E-state index contributed by atoms with van der Waals surface area (Å²) in [7, 11) is 1.53. The maximum Gasteiger partial charge on any atom is 0.256 e. The van der Waals surface area contributed by atoms with E-state index in [9.17, 15) is 9.59 Å². The lowest BCUT2D eigenvalue weighted by atomic mass is 9.94. The SMILES string of the molecule is COc1ccc(Cl)cc1NC(=O)c1cccc2c1C(=O)N(C1CCCCC1)C2. The Kier molecular flexibility index (Phi) is 5.27. The van der Waals surface area contributed by atoms with Gasteiger partial charge in [-0.3, -0.25) is 9.59 Å². The molecule has 6 heteroatoms. The summed E-state index contributed by atoms with van der Waals surface area (Å²) in [6.07, 6.45) is 5.64. The molecule has 0 atom stereocenters. The molecule has 1 aliphatic heterocycles. The lowest BCUT2D eigenvalue weighted by Gasteiger charge is -2.30. The third kappa shape index (κ3) is 3.47. The Labute approximate surface area is 169 Å². The summed E-state index contributed by atoms with van der Waals surface area (Å²) in [5.74, 6) is 0.141. The summed E-state index contributed by atoms with van der Waals surface area (Å²) in [6, 6.07) is 10.8. The zero-order valence-electron chi connectivity index (χ0n) is 15.8. The molecule has 0 unspecified atom stereocenters. The zero-order chi connectivity index (χ0) is 19.7. The highest BCUT2D eigenvalue weighted by Crippen LogP contribution is 2.33. The van der Waals surface area contributed by atoms with Gasteiger partial charge in [0, 0.05) is 17.6 Å². The molecule has 1 N–H and O–H groups in total. The van der Waals surface area contributed by atoms with E-state index in [1.165, 1.54) is 13.5 Å². The van der Waals surface area contributed by atoms with E-state index in [4.69, 9.17) is 16.3 Å². The molecule has 0 spiro atoms. The van der Waals surface area contributed by atoms with Gasteiger partial charge < -0.3 is 15.0 Å². The maximum absolute atomic E-state index is 13.2. The van der Waals surface area contributed by atoms with Crippen molar-refractivity contribution in [2.24, 2.45) is 0 Å². The first-order chi connectivity index (χ1) is 13.6. The number of anilines is 1. The van der Waals surface area contributed by atoms with Crippen molar-refractivity contribution in [1.29, 1.82) is 0 Å². The number of nitrogens with one attached hydrogen (secondary N) is 1. The van der Waals surface area contributed by atoms with E-state index in [0.717, 1.165) is 31.2 Å². The van der Waals surface area contributed by atoms with Crippen molar-refractivity contribution in [3.05, 3.63) is 58.1 Å². The van der Waals surface area contributed by atoms with Crippen LogP contribution in [0.3, 0.4) is 0 Å². The molecule has 5 nitrogen and oxygen atoms in total. The second kappa shape index (κ2) is 7.84. The Morgan fingerprint density at radius 3 is 2.71 bits per heavy atom. The van der Waals surface area contributed by atoms with Gasteiger partial charge in [-0.05, 0) is 42.7 Å². The number of hydrogen-bond donors (Lipinski definition) is 1. The molecule has 0 saturated heterocycles. The van der Waals surface area contributed by atoms with Gasteiger partial charge in [0.15, 0.2) is 0 Å². The van der Waals surface area contributed by atoms with Crippen molar-refractivity contribution in [1.82, 2.24) is 4.90 Å². The predicted octanol–water partition coefficient (Wildman–Crippen LogP) is 4.89. The van der Waals surface area contributed by atoms with Crippen LogP contribution in [0.15, 0.2) is 36.4 Å². The smallest absolute Gasteiger partial charge is 0.256 e. The van der Waals surface area contributed by atoms with Crippen molar-refractivity contribution < 1.29 is 14.3 Å². The zero-order valence-corrected chi connectivity index (χ0v) is 16.6. The van der Waals surface area contributed by atoms with E-state index in [0.29, 0.717) is 34.1 Å². The number of rotatable bonds is 4. The van der Waals surface area contributed by atoms with Crippen LogP contribution in [-0.4, -0.2) is 29.9 Å². The number of halogens is 1. The van der Waals surface area contributed by atoms with Crippen molar-refractivity contribution >= 4 is 29.1 Å². The van der Waals surface area contributed by atoms with Gasteiger partial charge in [-0.2, -0.15) is 0 Å². The normalized spacial score (nSPS) is 16.8. The van der Waals surface area contributed by atoms with E-state index in [-0.39, 0.29) is 17.9 Å². The van der Waals surface area contributed by atoms with Crippen LogP contribution in [0.5, 0.6) is 5.75 Å². The first-order valence-corrected chi connectivity index (χ1v) is 10.0. The Balaban J connectivity index is 1.61. The summed E-state index contributed by atoms with van der Waals surface area (Å²) in [6.45, 7) is 0.584. The molecular formula is C22H23ClN2O3. The lowest BCUT2D eigenvalue weighted by Crippen LogP contribution is -2.37. The summed E-state index contributed by atoms with van der Waals surface area (Å²) in [5.41, 5.74) is 2.31. The molecule has 146 valence electrons. The fourth-order valence-electron chi connectivity index (χ4n) is 4.23. The second-order valence-corrected chi connectivity index (χ2v) is 7.80. The predicted molar refractivity (Wildman–Crippen MR) is 109 cm³/mol. The molecule has 1 aliphatic carbocycles. The number of carbonyl (C=O) groups excluding carboxylic acids is 2. The average Bonchev–Trinajstić information content (AvgIpc) is 3.05. The minimum Gasteiger partial charge on any atom is -0.495 e. The molecule has 1 heterocycles. The van der Waals surface area contributed by atoms with E-state index in [1.807, 2.05) is 17.0 Å². The molecule has 0 radical (unpaired) electrons. The number of benzene rings is 2. The molecule has 1 saturated carbocycles.